The molecule has 2 unspecified atom stereocenters. The number of rotatable bonds is 2. The molecule has 1 aliphatic rings. The smallest absolute Gasteiger partial charge is 0.157 e. The summed E-state index contributed by atoms with van der Waals surface area (Å²) in [4.78, 5) is 4.62. The van der Waals surface area contributed by atoms with Crippen LogP contribution in [-0.2, 0) is 0 Å². The van der Waals surface area contributed by atoms with Crippen molar-refractivity contribution in [2.45, 2.75) is 46.2 Å². The van der Waals surface area contributed by atoms with Gasteiger partial charge in [0.05, 0.1) is 12.1 Å². The lowest BCUT2D eigenvalue weighted by atomic mass is 10.1. The Morgan fingerprint density at radius 3 is 2.88 bits per heavy atom. The van der Waals surface area contributed by atoms with E-state index in [0.29, 0.717) is 6.04 Å². The third-order valence-electron chi connectivity index (χ3n) is 3.00. The van der Waals surface area contributed by atoms with E-state index in [1.165, 1.54) is 12.0 Å². The van der Waals surface area contributed by atoms with Gasteiger partial charge in [0.1, 0.15) is 11.5 Å². The molecule has 0 radical (unpaired) electrons. The maximum absolute atomic E-state index is 5.56. The minimum atomic E-state index is 0.254. The summed E-state index contributed by atoms with van der Waals surface area (Å²) in [5.74, 6) is 3.12. The van der Waals surface area contributed by atoms with Gasteiger partial charge >= 0.3 is 0 Å². The van der Waals surface area contributed by atoms with E-state index in [1.807, 2.05) is 25.6 Å². The van der Waals surface area contributed by atoms with Crippen molar-refractivity contribution < 1.29 is 4.42 Å². The first-order valence-electron chi connectivity index (χ1n) is 6.10. The summed E-state index contributed by atoms with van der Waals surface area (Å²) in [5, 5.41) is 4.54. The second kappa shape index (κ2) is 5.17. The summed E-state index contributed by atoms with van der Waals surface area (Å²) in [6.45, 7) is 8.32. The number of nitrogens with zero attached hydrogens (tertiary/aromatic N) is 1. The molecule has 2 atom stereocenters. The highest BCUT2D eigenvalue weighted by Crippen LogP contribution is 2.23. The number of hydrogen-bond donors (Lipinski definition) is 1. The maximum Gasteiger partial charge on any atom is 0.157 e. The summed E-state index contributed by atoms with van der Waals surface area (Å²) < 4.78 is 5.56. The van der Waals surface area contributed by atoms with Crippen LogP contribution in [0.25, 0.3) is 0 Å². The summed E-state index contributed by atoms with van der Waals surface area (Å²) in [5.41, 5.74) is 1.23. The monoisotopic (exact) mass is 252 g/mol. The Balaban J connectivity index is 2.06. The van der Waals surface area contributed by atoms with Crippen molar-refractivity contribution in [1.29, 1.82) is 0 Å². The average Bonchev–Trinajstić information content (AvgIpc) is 2.58. The summed E-state index contributed by atoms with van der Waals surface area (Å²) in [6, 6.07) is 2.80. The minimum Gasteiger partial charge on any atom is -0.466 e. The van der Waals surface area contributed by atoms with Crippen LogP contribution in [0.4, 0.5) is 0 Å². The Morgan fingerprint density at radius 2 is 2.29 bits per heavy atom. The minimum absolute atomic E-state index is 0.254. The first kappa shape index (κ1) is 12.6. The molecule has 1 N–H and O–H groups in total. The SMILES string of the molecule is Cc1cc(C(C)NC2=NC(C)CCS2)c(C)o1. The van der Waals surface area contributed by atoms with Crippen LogP contribution in [0.1, 0.15) is 43.4 Å². The zero-order chi connectivity index (χ0) is 12.4. The lowest BCUT2D eigenvalue weighted by Gasteiger charge is -2.21. The Morgan fingerprint density at radius 1 is 1.53 bits per heavy atom. The molecule has 1 aliphatic heterocycles. The highest BCUT2D eigenvalue weighted by molar-refractivity contribution is 8.13. The van der Waals surface area contributed by atoms with Crippen LogP contribution >= 0.6 is 11.8 Å². The molecular weight excluding hydrogens is 232 g/mol. The fourth-order valence-corrected chi connectivity index (χ4v) is 3.22. The number of amidine groups is 1. The molecule has 0 spiro atoms. The third kappa shape index (κ3) is 3.06. The number of hydrogen-bond acceptors (Lipinski definition) is 4. The second-order valence-corrected chi connectivity index (χ2v) is 5.74. The van der Waals surface area contributed by atoms with Crippen molar-refractivity contribution in [3.8, 4) is 0 Å². The Bertz CT molecular complexity index is 425. The lowest BCUT2D eigenvalue weighted by molar-refractivity contribution is 0.497. The zero-order valence-electron chi connectivity index (χ0n) is 10.9. The maximum atomic E-state index is 5.56. The quantitative estimate of drug-likeness (QED) is 0.876. The van der Waals surface area contributed by atoms with Gasteiger partial charge in [0.2, 0.25) is 0 Å². The van der Waals surface area contributed by atoms with E-state index < -0.39 is 0 Å². The molecule has 2 heterocycles. The molecule has 4 heteroatoms. The average molecular weight is 252 g/mol. The molecular formula is C13H20N2OS. The summed E-state index contributed by atoms with van der Waals surface area (Å²) in [7, 11) is 0. The van der Waals surface area contributed by atoms with Gasteiger partial charge in [0.15, 0.2) is 5.17 Å². The molecule has 1 aromatic heterocycles. The van der Waals surface area contributed by atoms with E-state index in [4.69, 9.17) is 4.42 Å². The first-order chi connectivity index (χ1) is 8.06. The van der Waals surface area contributed by atoms with Gasteiger partial charge in [-0.15, -0.1) is 0 Å². The van der Waals surface area contributed by atoms with Crippen molar-refractivity contribution in [3.05, 3.63) is 23.2 Å². The van der Waals surface area contributed by atoms with Crippen LogP contribution in [0.15, 0.2) is 15.5 Å². The predicted molar refractivity (Wildman–Crippen MR) is 73.7 cm³/mol. The zero-order valence-corrected chi connectivity index (χ0v) is 11.7. The molecule has 1 aromatic rings. The highest BCUT2D eigenvalue weighted by atomic mass is 32.2. The van der Waals surface area contributed by atoms with Gasteiger partial charge in [-0.2, -0.15) is 0 Å². The second-order valence-electron chi connectivity index (χ2n) is 4.66. The lowest BCUT2D eigenvalue weighted by Crippen LogP contribution is -2.28. The Hall–Kier alpha value is -0.900. The topological polar surface area (TPSA) is 37.5 Å². The van der Waals surface area contributed by atoms with Gasteiger partial charge in [-0.25, -0.2) is 0 Å². The van der Waals surface area contributed by atoms with E-state index in [1.54, 1.807) is 0 Å². The van der Waals surface area contributed by atoms with E-state index in [9.17, 15) is 0 Å². The van der Waals surface area contributed by atoms with Crippen molar-refractivity contribution in [1.82, 2.24) is 5.32 Å². The molecule has 3 nitrogen and oxygen atoms in total. The van der Waals surface area contributed by atoms with Gasteiger partial charge in [0, 0.05) is 11.3 Å². The van der Waals surface area contributed by atoms with Crippen LogP contribution in [-0.4, -0.2) is 17.0 Å². The molecule has 0 aliphatic carbocycles. The molecule has 0 saturated heterocycles. The van der Waals surface area contributed by atoms with Crippen molar-refractivity contribution in [2.75, 3.05) is 5.75 Å². The molecule has 0 saturated carbocycles. The van der Waals surface area contributed by atoms with Gasteiger partial charge in [-0.3, -0.25) is 4.99 Å². The third-order valence-corrected chi connectivity index (χ3v) is 3.93. The first-order valence-corrected chi connectivity index (χ1v) is 7.09. The van der Waals surface area contributed by atoms with Gasteiger partial charge in [-0.05, 0) is 40.2 Å². The van der Waals surface area contributed by atoms with E-state index in [2.05, 4.69) is 30.2 Å². The molecule has 2 rings (SSSR count). The van der Waals surface area contributed by atoms with Gasteiger partial charge in [0.25, 0.3) is 0 Å². The van der Waals surface area contributed by atoms with Crippen LogP contribution in [0.5, 0.6) is 0 Å². The summed E-state index contributed by atoms with van der Waals surface area (Å²) >= 11 is 1.81. The molecule has 0 fully saturated rings. The largest absolute Gasteiger partial charge is 0.466 e. The van der Waals surface area contributed by atoms with E-state index in [-0.39, 0.29) is 6.04 Å². The number of nitrogens with one attached hydrogen (secondary N) is 1. The van der Waals surface area contributed by atoms with Crippen molar-refractivity contribution >= 4 is 16.9 Å². The molecule has 0 amide bonds. The molecule has 94 valence electrons. The van der Waals surface area contributed by atoms with E-state index >= 15 is 0 Å². The van der Waals surface area contributed by atoms with Crippen LogP contribution in [0.2, 0.25) is 0 Å². The number of aryl methyl sites for hydroxylation is 2. The predicted octanol–water partition coefficient (Wildman–Crippen LogP) is 3.43. The van der Waals surface area contributed by atoms with Crippen molar-refractivity contribution in [3.63, 3.8) is 0 Å². The van der Waals surface area contributed by atoms with Crippen LogP contribution < -0.4 is 5.32 Å². The normalized spacial score (nSPS) is 22.1. The number of furan rings is 1. The Labute approximate surface area is 107 Å². The molecule has 0 bridgehead atoms. The van der Waals surface area contributed by atoms with Crippen LogP contribution in [0, 0.1) is 13.8 Å². The van der Waals surface area contributed by atoms with Crippen LogP contribution in [0.3, 0.4) is 0 Å². The van der Waals surface area contributed by atoms with Gasteiger partial charge < -0.3 is 9.73 Å². The molecule has 17 heavy (non-hydrogen) atoms. The number of aliphatic imine (C=N–C) groups is 1. The Kier molecular flexibility index (Phi) is 3.82. The van der Waals surface area contributed by atoms with Gasteiger partial charge in [-0.1, -0.05) is 11.8 Å². The highest BCUT2D eigenvalue weighted by Gasteiger charge is 2.17. The van der Waals surface area contributed by atoms with Crippen molar-refractivity contribution in [2.24, 2.45) is 4.99 Å². The molecule has 0 aromatic carbocycles. The fourth-order valence-electron chi connectivity index (χ4n) is 2.05. The standard InChI is InChI=1S/C13H20N2OS/c1-8-5-6-17-13(14-8)15-10(3)12-7-9(2)16-11(12)4/h7-8,10H,5-6H2,1-4H3,(H,14,15). The summed E-state index contributed by atoms with van der Waals surface area (Å²) in [6.07, 6.45) is 1.17. The fraction of sp³-hybridized carbons (Fsp3) is 0.615. The number of thioether (sulfide) groups is 1. The van der Waals surface area contributed by atoms with E-state index in [0.717, 1.165) is 22.4 Å².